The van der Waals surface area contributed by atoms with E-state index in [4.69, 9.17) is 0 Å². The van der Waals surface area contributed by atoms with Crippen LogP contribution < -0.4 is 0 Å². The Morgan fingerprint density at radius 1 is 1.31 bits per heavy atom. The van der Waals surface area contributed by atoms with E-state index in [0.717, 1.165) is 18.6 Å². The first-order valence-corrected chi connectivity index (χ1v) is 10.4. The summed E-state index contributed by atoms with van der Waals surface area (Å²) in [5.41, 5.74) is 0. The maximum absolute atomic E-state index is 12.8. The van der Waals surface area contributed by atoms with E-state index in [1.54, 1.807) is 6.33 Å². The van der Waals surface area contributed by atoms with Gasteiger partial charge < -0.3 is 4.57 Å². The number of thiophene rings is 1. The van der Waals surface area contributed by atoms with Crippen LogP contribution in [0.25, 0.3) is 0 Å². The lowest BCUT2D eigenvalue weighted by Gasteiger charge is -2.31. The van der Waals surface area contributed by atoms with Crippen LogP contribution in [0, 0.1) is 0 Å². The molecule has 0 bridgehead atoms. The molecule has 0 saturated carbocycles. The first-order chi connectivity index (χ1) is 12.1. The van der Waals surface area contributed by atoms with Gasteiger partial charge in [-0.2, -0.15) is 17.5 Å². The molecule has 11 heteroatoms. The minimum atomic E-state index is -4.55. The van der Waals surface area contributed by atoms with E-state index in [2.05, 4.69) is 10.2 Å². The topological polar surface area (TPSA) is 68.1 Å². The highest BCUT2D eigenvalue weighted by molar-refractivity contribution is 7.91. The van der Waals surface area contributed by atoms with E-state index in [1.807, 2.05) is 18.4 Å². The molecule has 0 radical (unpaired) electrons. The summed E-state index contributed by atoms with van der Waals surface area (Å²) in [6, 6.07) is 1.98. The molecule has 1 atom stereocenters. The van der Waals surface area contributed by atoms with Crippen LogP contribution in [0.5, 0.6) is 0 Å². The average Bonchev–Trinajstić information content (AvgIpc) is 3.24. The maximum Gasteiger partial charge on any atom is 0.425 e. The average molecular weight is 408 g/mol. The fourth-order valence-corrected chi connectivity index (χ4v) is 5.90. The van der Waals surface area contributed by atoms with Crippen LogP contribution >= 0.6 is 11.3 Å². The summed E-state index contributed by atoms with van der Waals surface area (Å²) in [6.07, 6.45) is -1.55. The van der Waals surface area contributed by atoms with Gasteiger partial charge in [0.15, 0.2) is 0 Å². The summed E-state index contributed by atoms with van der Waals surface area (Å²) in [5.74, 6) is 0.576. The number of hydrogen-bond donors (Lipinski definition) is 0. The summed E-state index contributed by atoms with van der Waals surface area (Å²) in [7, 11) is -3.96. The summed E-state index contributed by atoms with van der Waals surface area (Å²) >= 11 is 0.259. The molecule has 1 unspecified atom stereocenters. The molecule has 26 heavy (non-hydrogen) atoms. The molecule has 2 aromatic heterocycles. The van der Waals surface area contributed by atoms with E-state index in [0.29, 0.717) is 12.2 Å². The van der Waals surface area contributed by atoms with Gasteiger partial charge in [-0.3, -0.25) is 0 Å². The number of alkyl halides is 3. The van der Waals surface area contributed by atoms with E-state index in [-0.39, 0.29) is 40.6 Å². The van der Waals surface area contributed by atoms with Crippen molar-refractivity contribution >= 4 is 21.4 Å². The van der Waals surface area contributed by atoms with Gasteiger partial charge in [-0.1, -0.05) is 0 Å². The van der Waals surface area contributed by atoms with Gasteiger partial charge in [0, 0.05) is 25.0 Å². The monoisotopic (exact) mass is 408 g/mol. The molecule has 0 amide bonds. The number of sulfonamides is 1. The second kappa shape index (κ2) is 6.93. The number of hydrogen-bond acceptors (Lipinski definition) is 5. The molecule has 3 heterocycles. The van der Waals surface area contributed by atoms with Crippen molar-refractivity contribution in [3.63, 3.8) is 0 Å². The zero-order chi connectivity index (χ0) is 19.1. The number of rotatable bonds is 4. The third kappa shape index (κ3) is 3.65. The molecular weight excluding hydrogens is 389 g/mol. The van der Waals surface area contributed by atoms with Crippen molar-refractivity contribution in [3.8, 4) is 0 Å². The van der Waals surface area contributed by atoms with Gasteiger partial charge in [0.25, 0.3) is 10.0 Å². The largest absolute Gasteiger partial charge is 0.425 e. The van der Waals surface area contributed by atoms with E-state index < -0.39 is 21.1 Å². The number of aromatic nitrogens is 3. The highest BCUT2D eigenvalue weighted by atomic mass is 32.2. The van der Waals surface area contributed by atoms with Crippen LogP contribution in [0.15, 0.2) is 22.7 Å². The third-order valence-corrected chi connectivity index (χ3v) is 7.82. The van der Waals surface area contributed by atoms with Crippen LogP contribution in [0.3, 0.4) is 0 Å². The van der Waals surface area contributed by atoms with Gasteiger partial charge in [-0.05, 0) is 38.8 Å². The smallest absolute Gasteiger partial charge is 0.315 e. The standard InChI is InChI=1S/C15H19F3N4O2S2/c1-10(2)22-9-19-20-14(22)11-4-3-7-21(8-11)26(23,24)13-6-5-12(25-13)15(16,17)18/h5-6,9-11H,3-4,7-8H2,1-2H3. The third-order valence-electron chi connectivity index (χ3n) is 4.36. The summed E-state index contributed by atoms with van der Waals surface area (Å²) in [5, 5.41) is 8.05. The van der Waals surface area contributed by atoms with Crippen molar-refractivity contribution in [2.75, 3.05) is 13.1 Å². The Morgan fingerprint density at radius 2 is 2.04 bits per heavy atom. The van der Waals surface area contributed by atoms with E-state index in [9.17, 15) is 21.6 Å². The van der Waals surface area contributed by atoms with Crippen LogP contribution in [-0.2, 0) is 16.2 Å². The Labute approximate surface area is 153 Å². The van der Waals surface area contributed by atoms with Crippen molar-refractivity contribution in [1.82, 2.24) is 19.1 Å². The summed E-state index contributed by atoms with van der Waals surface area (Å²) in [6.45, 7) is 4.43. The predicted molar refractivity (Wildman–Crippen MR) is 90.5 cm³/mol. The zero-order valence-electron chi connectivity index (χ0n) is 14.3. The van der Waals surface area contributed by atoms with Crippen molar-refractivity contribution in [1.29, 1.82) is 0 Å². The fraction of sp³-hybridized carbons (Fsp3) is 0.600. The molecule has 144 valence electrons. The summed E-state index contributed by atoms with van der Waals surface area (Å²) < 4.78 is 66.8. The molecule has 6 nitrogen and oxygen atoms in total. The van der Waals surface area contributed by atoms with Gasteiger partial charge in [0.05, 0.1) is 0 Å². The Bertz CT molecular complexity index is 874. The van der Waals surface area contributed by atoms with Gasteiger partial charge in [-0.15, -0.1) is 21.5 Å². The normalized spacial score (nSPS) is 20.0. The Hall–Kier alpha value is -1.46. The first kappa shape index (κ1) is 19.3. The highest BCUT2D eigenvalue weighted by Crippen LogP contribution is 2.38. The number of piperidine rings is 1. The van der Waals surface area contributed by atoms with E-state index in [1.165, 1.54) is 4.31 Å². The van der Waals surface area contributed by atoms with Crippen LogP contribution in [0.1, 0.15) is 49.4 Å². The lowest BCUT2D eigenvalue weighted by molar-refractivity contribution is -0.134. The van der Waals surface area contributed by atoms with Crippen LogP contribution in [-0.4, -0.2) is 40.6 Å². The molecule has 1 aliphatic rings. The molecule has 1 aliphatic heterocycles. The molecule has 3 rings (SSSR count). The minimum Gasteiger partial charge on any atom is -0.315 e. The predicted octanol–water partition coefficient (Wildman–Crippen LogP) is 3.51. The van der Waals surface area contributed by atoms with Gasteiger partial charge >= 0.3 is 6.18 Å². The first-order valence-electron chi connectivity index (χ1n) is 8.17. The van der Waals surface area contributed by atoms with Crippen molar-refractivity contribution in [3.05, 3.63) is 29.2 Å². The fourth-order valence-electron chi connectivity index (χ4n) is 3.05. The molecule has 0 aromatic carbocycles. The van der Waals surface area contributed by atoms with Gasteiger partial charge in [0.1, 0.15) is 21.2 Å². The van der Waals surface area contributed by atoms with E-state index >= 15 is 0 Å². The Morgan fingerprint density at radius 3 is 2.65 bits per heavy atom. The van der Waals surface area contributed by atoms with Crippen LogP contribution in [0.2, 0.25) is 0 Å². The molecule has 2 aromatic rings. The number of nitrogens with zero attached hydrogens (tertiary/aromatic N) is 4. The molecular formula is C15H19F3N4O2S2. The maximum atomic E-state index is 12.8. The minimum absolute atomic E-state index is 0.134. The van der Waals surface area contributed by atoms with Gasteiger partial charge in [0.2, 0.25) is 0 Å². The second-order valence-electron chi connectivity index (χ2n) is 6.51. The Balaban J connectivity index is 1.84. The van der Waals surface area contributed by atoms with Crippen LogP contribution in [0.4, 0.5) is 13.2 Å². The SMILES string of the molecule is CC(C)n1cnnc1C1CCCN(S(=O)(=O)c2ccc(C(F)(F)F)s2)C1. The quantitative estimate of drug-likeness (QED) is 0.777. The van der Waals surface area contributed by atoms with Crippen molar-refractivity contribution in [2.24, 2.45) is 0 Å². The Kier molecular flexibility index (Phi) is 5.15. The lowest BCUT2D eigenvalue weighted by atomic mass is 9.98. The highest BCUT2D eigenvalue weighted by Gasteiger charge is 2.37. The lowest BCUT2D eigenvalue weighted by Crippen LogP contribution is -2.39. The number of halogens is 3. The second-order valence-corrected chi connectivity index (χ2v) is 9.76. The van der Waals surface area contributed by atoms with Crippen molar-refractivity contribution < 1.29 is 21.6 Å². The molecule has 1 fully saturated rings. The van der Waals surface area contributed by atoms with Gasteiger partial charge in [-0.25, -0.2) is 8.42 Å². The molecule has 0 aliphatic carbocycles. The molecule has 1 saturated heterocycles. The zero-order valence-corrected chi connectivity index (χ0v) is 15.9. The van der Waals surface area contributed by atoms with Crippen molar-refractivity contribution in [2.45, 2.75) is 49.0 Å². The molecule has 0 N–H and O–H groups in total. The molecule has 0 spiro atoms. The summed E-state index contributed by atoms with van der Waals surface area (Å²) in [4.78, 5) is -0.913.